The third-order valence-electron chi connectivity index (χ3n) is 5.08. The van der Waals surface area contributed by atoms with Crippen LogP contribution in [0.2, 0.25) is 0 Å². The Bertz CT molecular complexity index is 710. The summed E-state index contributed by atoms with van der Waals surface area (Å²) in [6.45, 7) is 4.94. The van der Waals surface area contributed by atoms with Gasteiger partial charge < -0.3 is 5.11 Å². The van der Waals surface area contributed by atoms with Gasteiger partial charge in [0, 0.05) is 6.20 Å². The monoisotopic (exact) mass is 338 g/mol. The molecule has 2 heterocycles. The van der Waals surface area contributed by atoms with Crippen LogP contribution in [0.1, 0.15) is 54.6 Å². The molecule has 1 N–H and O–H groups in total. The molecule has 2 atom stereocenters. The van der Waals surface area contributed by atoms with E-state index in [-0.39, 0.29) is 6.04 Å². The highest BCUT2D eigenvalue weighted by Gasteiger charge is 2.35. The van der Waals surface area contributed by atoms with E-state index in [9.17, 15) is 9.90 Å². The number of aromatic nitrogens is 1. The van der Waals surface area contributed by atoms with Gasteiger partial charge >= 0.3 is 5.97 Å². The molecular formula is C21H26N2O2. The lowest BCUT2D eigenvalue weighted by atomic mass is 9.93. The average Bonchev–Trinajstić information content (AvgIpc) is 2.64. The van der Waals surface area contributed by atoms with E-state index in [4.69, 9.17) is 0 Å². The Morgan fingerprint density at radius 1 is 1.24 bits per heavy atom. The fourth-order valence-corrected chi connectivity index (χ4v) is 3.64. The van der Waals surface area contributed by atoms with Crippen molar-refractivity contribution in [1.29, 1.82) is 0 Å². The largest absolute Gasteiger partial charge is 0.480 e. The molecule has 3 rings (SSSR count). The first kappa shape index (κ1) is 17.6. The number of likely N-dealkylation sites (tertiary alicyclic amines) is 1. The molecule has 2 unspecified atom stereocenters. The van der Waals surface area contributed by atoms with E-state index in [1.807, 2.05) is 19.2 Å². The number of pyridine rings is 1. The molecule has 0 aliphatic carbocycles. The summed E-state index contributed by atoms with van der Waals surface area (Å²) in [5.41, 5.74) is 4.43. The smallest absolute Gasteiger partial charge is 0.320 e. The molecule has 1 aliphatic heterocycles. The second-order valence-electron chi connectivity index (χ2n) is 6.85. The highest BCUT2D eigenvalue weighted by Crippen LogP contribution is 2.33. The Morgan fingerprint density at radius 3 is 2.60 bits per heavy atom. The summed E-state index contributed by atoms with van der Waals surface area (Å²) in [7, 11) is 0. The van der Waals surface area contributed by atoms with E-state index < -0.39 is 12.0 Å². The van der Waals surface area contributed by atoms with Crippen molar-refractivity contribution in [3.8, 4) is 0 Å². The third-order valence-corrected chi connectivity index (χ3v) is 5.08. The van der Waals surface area contributed by atoms with Gasteiger partial charge in [-0.1, -0.05) is 43.7 Å². The summed E-state index contributed by atoms with van der Waals surface area (Å²) >= 11 is 0. The van der Waals surface area contributed by atoms with E-state index >= 15 is 0 Å². The Balaban J connectivity index is 2.03. The number of nitrogens with zero attached hydrogens (tertiary/aromatic N) is 2. The third kappa shape index (κ3) is 3.90. The van der Waals surface area contributed by atoms with Crippen LogP contribution in [0.4, 0.5) is 0 Å². The fourth-order valence-electron chi connectivity index (χ4n) is 3.64. The zero-order valence-corrected chi connectivity index (χ0v) is 15.0. The minimum absolute atomic E-state index is 0.118. The predicted molar refractivity (Wildman–Crippen MR) is 98.6 cm³/mol. The van der Waals surface area contributed by atoms with Gasteiger partial charge in [-0.15, -0.1) is 0 Å². The highest BCUT2D eigenvalue weighted by atomic mass is 16.4. The number of benzene rings is 1. The van der Waals surface area contributed by atoms with Gasteiger partial charge in [0.2, 0.25) is 0 Å². The van der Waals surface area contributed by atoms with E-state index in [0.29, 0.717) is 6.42 Å². The normalized spacial score (nSPS) is 19.5. The van der Waals surface area contributed by atoms with Crippen LogP contribution in [-0.2, 0) is 11.2 Å². The summed E-state index contributed by atoms with van der Waals surface area (Å²) in [5, 5.41) is 9.72. The standard InChI is InChI=1S/C21H26N2O2/c1-3-16-8-10-17(11-9-16)20(18-12-7-15(2)14-22-18)23-13-5-4-6-19(23)21(24)25/h7-12,14,19-20H,3-6,13H2,1-2H3,(H,24,25). The second kappa shape index (κ2) is 7.79. The molecule has 1 aliphatic rings. The molecule has 4 nitrogen and oxygen atoms in total. The molecule has 2 aromatic rings. The molecule has 0 spiro atoms. The molecule has 1 saturated heterocycles. The Morgan fingerprint density at radius 2 is 2.00 bits per heavy atom. The minimum Gasteiger partial charge on any atom is -0.480 e. The van der Waals surface area contributed by atoms with Crippen LogP contribution in [-0.4, -0.2) is 33.5 Å². The first-order valence-electron chi connectivity index (χ1n) is 9.10. The van der Waals surface area contributed by atoms with Crippen molar-refractivity contribution < 1.29 is 9.90 Å². The lowest BCUT2D eigenvalue weighted by Gasteiger charge is -2.39. The molecule has 1 aromatic heterocycles. The zero-order chi connectivity index (χ0) is 17.8. The quantitative estimate of drug-likeness (QED) is 0.896. The topological polar surface area (TPSA) is 53.4 Å². The molecule has 0 bridgehead atoms. The predicted octanol–water partition coefficient (Wildman–Crippen LogP) is 3.98. The van der Waals surface area contributed by atoms with Crippen LogP contribution in [0.15, 0.2) is 42.6 Å². The number of piperidine rings is 1. The number of aliphatic carboxylic acids is 1. The van der Waals surface area contributed by atoms with Crippen LogP contribution < -0.4 is 0 Å². The average molecular weight is 338 g/mol. The first-order valence-corrected chi connectivity index (χ1v) is 9.10. The molecule has 0 radical (unpaired) electrons. The summed E-state index contributed by atoms with van der Waals surface area (Å²) in [4.78, 5) is 18.6. The molecule has 1 aromatic carbocycles. The molecule has 25 heavy (non-hydrogen) atoms. The molecule has 4 heteroatoms. The summed E-state index contributed by atoms with van der Waals surface area (Å²) in [5.74, 6) is -0.734. The fraction of sp³-hybridized carbons (Fsp3) is 0.429. The SMILES string of the molecule is CCc1ccc(C(c2ccc(C)cn2)N2CCCCC2C(=O)O)cc1. The van der Waals surface area contributed by atoms with Gasteiger partial charge in [0.15, 0.2) is 0 Å². The maximum absolute atomic E-state index is 11.8. The Hall–Kier alpha value is -2.20. The van der Waals surface area contributed by atoms with Crippen LogP contribution in [0, 0.1) is 6.92 Å². The first-order chi connectivity index (χ1) is 12.1. The number of carboxylic acid groups (broad SMARTS) is 1. The van der Waals surface area contributed by atoms with Crippen molar-refractivity contribution in [2.75, 3.05) is 6.54 Å². The van der Waals surface area contributed by atoms with Crippen molar-refractivity contribution >= 4 is 5.97 Å². The molecule has 132 valence electrons. The number of carboxylic acids is 1. The molecule has 1 fully saturated rings. The van der Waals surface area contributed by atoms with Crippen LogP contribution in [0.25, 0.3) is 0 Å². The maximum atomic E-state index is 11.8. The van der Waals surface area contributed by atoms with Gasteiger partial charge in [0.25, 0.3) is 0 Å². The van der Waals surface area contributed by atoms with Crippen molar-refractivity contribution in [1.82, 2.24) is 9.88 Å². The van der Waals surface area contributed by atoms with E-state index in [2.05, 4.69) is 47.1 Å². The van der Waals surface area contributed by atoms with E-state index in [1.54, 1.807) is 0 Å². The molecule has 0 saturated carbocycles. The van der Waals surface area contributed by atoms with Gasteiger partial charge in [-0.3, -0.25) is 14.7 Å². The van der Waals surface area contributed by atoms with Gasteiger partial charge in [-0.25, -0.2) is 0 Å². The molecule has 0 amide bonds. The number of aryl methyl sites for hydroxylation is 2. The Labute approximate surface area is 149 Å². The van der Waals surface area contributed by atoms with Crippen LogP contribution in [0.3, 0.4) is 0 Å². The summed E-state index contributed by atoms with van der Waals surface area (Å²) in [6.07, 6.45) is 5.55. The zero-order valence-electron chi connectivity index (χ0n) is 15.0. The van der Waals surface area contributed by atoms with E-state index in [0.717, 1.165) is 42.6 Å². The lowest BCUT2D eigenvalue weighted by molar-refractivity contribution is -0.145. The molecular weight excluding hydrogens is 312 g/mol. The summed E-state index contributed by atoms with van der Waals surface area (Å²) < 4.78 is 0. The van der Waals surface area contributed by atoms with Gasteiger partial charge in [0.1, 0.15) is 6.04 Å². The minimum atomic E-state index is -0.734. The van der Waals surface area contributed by atoms with Crippen LogP contribution >= 0.6 is 0 Å². The highest BCUT2D eigenvalue weighted by molar-refractivity contribution is 5.73. The van der Waals surface area contributed by atoms with Gasteiger partial charge in [-0.2, -0.15) is 0 Å². The van der Waals surface area contributed by atoms with Gasteiger partial charge in [-0.05, 0) is 55.5 Å². The number of carbonyl (C=O) groups is 1. The number of hydrogen-bond donors (Lipinski definition) is 1. The van der Waals surface area contributed by atoms with Crippen LogP contribution in [0.5, 0.6) is 0 Å². The maximum Gasteiger partial charge on any atom is 0.320 e. The second-order valence-corrected chi connectivity index (χ2v) is 6.85. The van der Waals surface area contributed by atoms with E-state index in [1.165, 1.54) is 5.56 Å². The van der Waals surface area contributed by atoms with Crippen molar-refractivity contribution in [3.63, 3.8) is 0 Å². The summed E-state index contributed by atoms with van der Waals surface area (Å²) in [6, 6.07) is 12.0. The van der Waals surface area contributed by atoms with Crippen molar-refractivity contribution in [2.24, 2.45) is 0 Å². The Kier molecular flexibility index (Phi) is 5.49. The van der Waals surface area contributed by atoms with Crippen molar-refractivity contribution in [2.45, 2.75) is 51.6 Å². The van der Waals surface area contributed by atoms with Crippen molar-refractivity contribution in [3.05, 3.63) is 65.0 Å². The number of hydrogen-bond acceptors (Lipinski definition) is 3. The number of rotatable bonds is 5. The van der Waals surface area contributed by atoms with Gasteiger partial charge in [0.05, 0.1) is 11.7 Å². The lowest BCUT2D eigenvalue weighted by Crippen LogP contribution is -2.47.